The number of halogens is 2. The van der Waals surface area contributed by atoms with E-state index < -0.39 is 5.82 Å². The normalized spacial score (nSPS) is 9.56. The molecule has 1 nitrogen and oxygen atoms in total. The van der Waals surface area contributed by atoms with Crippen LogP contribution in [0.1, 0.15) is 0 Å². The fourth-order valence-electron chi connectivity index (χ4n) is 0.432. The second kappa shape index (κ2) is 2.35. The molecule has 0 atom stereocenters. The molecule has 0 aliphatic rings. The highest BCUT2D eigenvalue weighted by Gasteiger charge is 2.00. The van der Waals surface area contributed by atoms with Crippen molar-refractivity contribution in [3.05, 3.63) is 23.2 Å². The van der Waals surface area contributed by atoms with Gasteiger partial charge in [0, 0.05) is 6.20 Å². The van der Waals surface area contributed by atoms with Gasteiger partial charge in [0.2, 0.25) is 0 Å². The van der Waals surface area contributed by atoms with E-state index in [0.717, 1.165) is 0 Å². The molecule has 0 unspecified atom stereocenters. The average Bonchev–Trinajstić information content (AvgIpc) is 1.83. The van der Waals surface area contributed by atoms with Crippen molar-refractivity contribution in [2.24, 2.45) is 0 Å². The first-order valence-corrected chi connectivity index (χ1v) is 2.65. The molecule has 0 aliphatic carbocycles. The quantitative estimate of drug-likeness (QED) is 0.382. The van der Waals surface area contributed by atoms with E-state index in [9.17, 15) is 4.39 Å². The Kier molecular flexibility index (Phi) is 1.71. The van der Waals surface area contributed by atoms with Gasteiger partial charge in [-0.25, -0.2) is 9.37 Å². The summed E-state index contributed by atoms with van der Waals surface area (Å²) in [7, 11) is 5.12. The summed E-state index contributed by atoms with van der Waals surface area (Å²) in [5.41, 5.74) is 0.0231. The molecule has 1 rings (SSSR count). The van der Waals surface area contributed by atoms with Crippen LogP contribution in [0.25, 0.3) is 0 Å². The largest absolute Gasteiger partial charge is 0.242 e. The Morgan fingerprint density at radius 1 is 1.67 bits per heavy atom. The molecule has 0 amide bonds. The summed E-state index contributed by atoms with van der Waals surface area (Å²) in [6.07, 6.45) is 1.35. The number of nitrogens with zero attached hydrogens (tertiary/aromatic N) is 1. The molecular weight excluding hydrogens is 139 g/mol. The SMILES string of the molecule is [B]c1ccnc(Cl)c1F. The predicted octanol–water partition coefficient (Wildman–Crippen LogP) is 0.668. The van der Waals surface area contributed by atoms with E-state index in [4.69, 9.17) is 19.4 Å². The minimum Gasteiger partial charge on any atom is -0.242 e. The standard InChI is InChI=1S/C5H2BClFN/c6-3-1-2-9-5(7)4(3)8/h1-2H. The van der Waals surface area contributed by atoms with E-state index in [1.54, 1.807) is 0 Å². The third-order valence-electron chi connectivity index (χ3n) is 0.877. The highest BCUT2D eigenvalue weighted by molar-refractivity contribution is 6.35. The summed E-state index contributed by atoms with van der Waals surface area (Å²) < 4.78 is 12.4. The second-order valence-electron chi connectivity index (χ2n) is 1.50. The molecular formula is C5H2BClFN. The van der Waals surface area contributed by atoms with Crippen LogP contribution in [0, 0.1) is 5.82 Å². The fraction of sp³-hybridized carbons (Fsp3) is 0. The Labute approximate surface area is 58.3 Å². The summed E-state index contributed by atoms with van der Waals surface area (Å²) in [5.74, 6) is -0.654. The maximum absolute atomic E-state index is 12.4. The van der Waals surface area contributed by atoms with Crippen LogP contribution < -0.4 is 5.46 Å². The Balaban J connectivity index is 3.25. The van der Waals surface area contributed by atoms with Crippen LogP contribution in [-0.4, -0.2) is 12.8 Å². The van der Waals surface area contributed by atoms with Crippen molar-refractivity contribution < 1.29 is 4.39 Å². The third kappa shape index (κ3) is 1.22. The highest BCUT2D eigenvalue weighted by Crippen LogP contribution is 2.04. The molecule has 4 heteroatoms. The molecule has 2 radical (unpaired) electrons. The van der Waals surface area contributed by atoms with Crippen LogP contribution in [0.15, 0.2) is 12.3 Å². The maximum Gasteiger partial charge on any atom is 0.164 e. The topological polar surface area (TPSA) is 12.9 Å². The first-order valence-electron chi connectivity index (χ1n) is 2.27. The van der Waals surface area contributed by atoms with Crippen molar-refractivity contribution in [3.63, 3.8) is 0 Å². The van der Waals surface area contributed by atoms with E-state index in [1.165, 1.54) is 12.3 Å². The minimum absolute atomic E-state index is 0.0231. The van der Waals surface area contributed by atoms with Gasteiger partial charge in [0.25, 0.3) is 0 Å². The summed E-state index contributed by atoms with van der Waals surface area (Å²) >= 11 is 5.25. The molecule has 1 aromatic rings. The molecule has 9 heavy (non-hydrogen) atoms. The lowest BCUT2D eigenvalue weighted by atomic mass is 9.98. The maximum atomic E-state index is 12.4. The van der Waals surface area contributed by atoms with E-state index in [-0.39, 0.29) is 10.6 Å². The monoisotopic (exact) mass is 141 g/mol. The van der Waals surface area contributed by atoms with Crippen molar-refractivity contribution >= 4 is 24.9 Å². The molecule has 0 aromatic carbocycles. The molecule has 44 valence electrons. The van der Waals surface area contributed by atoms with Crippen LogP contribution in [0.3, 0.4) is 0 Å². The number of hydrogen-bond acceptors (Lipinski definition) is 1. The molecule has 1 aromatic heterocycles. The zero-order valence-electron chi connectivity index (χ0n) is 4.44. The average molecular weight is 141 g/mol. The zero-order chi connectivity index (χ0) is 6.85. The molecule has 0 N–H and O–H groups in total. The fourth-order valence-corrected chi connectivity index (χ4v) is 0.597. The first-order chi connectivity index (χ1) is 4.22. The summed E-state index contributed by atoms with van der Waals surface area (Å²) in [4.78, 5) is 3.45. The lowest BCUT2D eigenvalue weighted by molar-refractivity contribution is 0.630. The van der Waals surface area contributed by atoms with E-state index in [1.807, 2.05) is 0 Å². The van der Waals surface area contributed by atoms with Crippen molar-refractivity contribution in [2.45, 2.75) is 0 Å². The van der Waals surface area contributed by atoms with Crippen molar-refractivity contribution in [1.82, 2.24) is 4.98 Å². The Morgan fingerprint density at radius 3 is 2.78 bits per heavy atom. The second-order valence-corrected chi connectivity index (χ2v) is 1.86. The van der Waals surface area contributed by atoms with Gasteiger partial charge in [-0.3, -0.25) is 0 Å². The zero-order valence-corrected chi connectivity index (χ0v) is 5.19. The number of aromatic nitrogens is 1. The van der Waals surface area contributed by atoms with Crippen LogP contribution >= 0.6 is 11.6 Å². The van der Waals surface area contributed by atoms with Gasteiger partial charge in [-0.15, -0.1) is 0 Å². The summed E-state index contributed by atoms with van der Waals surface area (Å²) in [6, 6.07) is 1.35. The Hall–Kier alpha value is -0.565. The Morgan fingerprint density at radius 2 is 2.33 bits per heavy atom. The Bertz CT molecular complexity index is 208. The molecule has 0 saturated carbocycles. The predicted molar refractivity (Wildman–Crippen MR) is 34.6 cm³/mol. The first kappa shape index (κ1) is 6.55. The van der Waals surface area contributed by atoms with Crippen LogP contribution in [0.5, 0.6) is 0 Å². The number of rotatable bonds is 0. The van der Waals surface area contributed by atoms with Gasteiger partial charge in [0.15, 0.2) is 11.0 Å². The van der Waals surface area contributed by atoms with Crippen LogP contribution in [0.4, 0.5) is 4.39 Å². The molecule has 0 saturated heterocycles. The van der Waals surface area contributed by atoms with Gasteiger partial charge >= 0.3 is 0 Å². The van der Waals surface area contributed by atoms with Crippen molar-refractivity contribution in [1.29, 1.82) is 0 Å². The summed E-state index contributed by atoms with van der Waals surface area (Å²) in [5, 5.41) is -0.185. The van der Waals surface area contributed by atoms with Gasteiger partial charge < -0.3 is 0 Å². The molecule has 0 fully saturated rings. The molecule has 0 spiro atoms. The minimum atomic E-state index is -0.654. The number of pyridine rings is 1. The van der Waals surface area contributed by atoms with Gasteiger partial charge in [0.1, 0.15) is 7.85 Å². The highest BCUT2D eigenvalue weighted by atomic mass is 35.5. The van der Waals surface area contributed by atoms with Gasteiger partial charge in [-0.1, -0.05) is 17.1 Å². The van der Waals surface area contributed by atoms with Crippen LogP contribution in [-0.2, 0) is 0 Å². The smallest absolute Gasteiger partial charge is 0.164 e. The van der Waals surface area contributed by atoms with E-state index >= 15 is 0 Å². The van der Waals surface area contributed by atoms with E-state index in [2.05, 4.69) is 4.98 Å². The van der Waals surface area contributed by atoms with Crippen molar-refractivity contribution in [2.75, 3.05) is 0 Å². The molecule has 1 heterocycles. The van der Waals surface area contributed by atoms with Gasteiger partial charge in [-0.2, -0.15) is 0 Å². The van der Waals surface area contributed by atoms with Crippen LogP contribution in [0.2, 0.25) is 5.15 Å². The molecule has 0 aliphatic heterocycles. The number of hydrogen-bond donors (Lipinski definition) is 0. The van der Waals surface area contributed by atoms with Gasteiger partial charge in [-0.05, 0) is 6.07 Å². The van der Waals surface area contributed by atoms with E-state index in [0.29, 0.717) is 0 Å². The summed E-state index contributed by atoms with van der Waals surface area (Å²) in [6.45, 7) is 0. The molecule has 0 bridgehead atoms. The van der Waals surface area contributed by atoms with Crippen molar-refractivity contribution in [3.8, 4) is 0 Å². The lowest BCUT2D eigenvalue weighted by Crippen LogP contribution is -2.08. The third-order valence-corrected chi connectivity index (χ3v) is 1.14. The lowest BCUT2D eigenvalue weighted by Gasteiger charge is -1.94. The van der Waals surface area contributed by atoms with Gasteiger partial charge in [0.05, 0.1) is 0 Å².